The molecule has 12 heteroatoms. The van der Waals surface area contributed by atoms with Crippen LogP contribution in [-0.4, -0.2) is 65.4 Å². The summed E-state index contributed by atoms with van der Waals surface area (Å²) in [5.41, 5.74) is 3.46. The zero-order valence-corrected chi connectivity index (χ0v) is 20.1. The van der Waals surface area contributed by atoms with Gasteiger partial charge in [-0.1, -0.05) is 0 Å². The van der Waals surface area contributed by atoms with Crippen LogP contribution in [0.25, 0.3) is 22.4 Å². The van der Waals surface area contributed by atoms with E-state index in [1.807, 2.05) is 42.4 Å². The number of ether oxygens (including phenoxy) is 2. The van der Waals surface area contributed by atoms with Gasteiger partial charge in [0.1, 0.15) is 29.2 Å². The maximum absolute atomic E-state index is 9.23. The molecule has 12 nitrogen and oxygen atoms in total. The Kier molecular flexibility index (Phi) is 6.41. The van der Waals surface area contributed by atoms with Gasteiger partial charge in [-0.2, -0.15) is 10.2 Å². The first-order valence-electron chi connectivity index (χ1n) is 11.2. The first kappa shape index (κ1) is 23.2. The molecular formula is C24H25N9O3. The van der Waals surface area contributed by atoms with Crippen molar-refractivity contribution in [3.63, 3.8) is 0 Å². The predicted molar refractivity (Wildman–Crippen MR) is 132 cm³/mol. The number of rotatable bonds is 9. The van der Waals surface area contributed by atoms with Crippen molar-refractivity contribution < 1.29 is 14.6 Å². The lowest BCUT2D eigenvalue weighted by atomic mass is 10.2. The zero-order chi connectivity index (χ0) is 25.1. The predicted octanol–water partition coefficient (Wildman–Crippen LogP) is 2.36. The number of hydrogen-bond acceptors (Lipinski definition) is 10. The van der Waals surface area contributed by atoms with Crippen LogP contribution in [0.2, 0.25) is 0 Å². The number of methoxy groups -OCH3 is 2. The van der Waals surface area contributed by atoms with Crippen LogP contribution in [0.1, 0.15) is 5.82 Å². The van der Waals surface area contributed by atoms with Gasteiger partial charge in [0.05, 0.1) is 57.7 Å². The molecule has 0 saturated carbocycles. The fraction of sp³-hybridized carbons (Fsp3) is 0.250. The second-order valence-corrected chi connectivity index (χ2v) is 7.97. The summed E-state index contributed by atoms with van der Waals surface area (Å²) in [6.07, 6.45) is 6.92. The number of aryl methyl sites for hydroxylation is 1. The van der Waals surface area contributed by atoms with Crippen molar-refractivity contribution in [3.8, 4) is 22.8 Å². The van der Waals surface area contributed by atoms with Gasteiger partial charge in [0, 0.05) is 37.0 Å². The Morgan fingerprint density at radius 1 is 1.00 bits per heavy atom. The monoisotopic (exact) mass is 487 g/mol. The highest BCUT2D eigenvalue weighted by molar-refractivity contribution is 5.77. The first-order valence-corrected chi connectivity index (χ1v) is 11.2. The quantitative estimate of drug-likeness (QED) is 0.331. The lowest BCUT2D eigenvalue weighted by Gasteiger charge is -2.24. The van der Waals surface area contributed by atoms with Gasteiger partial charge in [0.25, 0.3) is 0 Å². The molecule has 0 aliphatic heterocycles. The summed E-state index contributed by atoms with van der Waals surface area (Å²) in [4.78, 5) is 20.4. The van der Waals surface area contributed by atoms with E-state index >= 15 is 0 Å². The molecule has 4 heterocycles. The van der Waals surface area contributed by atoms with Crippen LogP contribution in [0.5, 0.6) is 11.5 Å². The molecule has 36 heavy (non-hydrogen) atoms. The normalized spacial score (nSPS) is 11.1. The van der Waals surface area contributed by atoms with E-state index in [2.05, 4.69) is 20.2 Å². The van der Waals surface area contributed by atoms with E-state index in [9.17, 15) is 5.11 Å². The van der Waals surface area contributed by atoms with Crippen LogP contribution in [-0.2, 0) is 20.1 Å². The minimum Gasteiger partial charge on any atom is -0.497 e. The van der Waals surface area contributed by atoms with E-state index in [0.717, 1.165) is 11.3 Å². The van der Waals surface area contributed by atoms with E-state index in [4.69, 9.17) is 19.4 Å². The Hall–Kier alpha value is -4.58. The van der Waals surface area contributed by atoms with Crippen LogP contribution in [0, 0.1) is 0 Å². The Labute approximate surface area is 206 Å². The number of anilines is 2. The maximum Gasteiger partial charge on any atom is 0.180 e. The van der Waals surface area contributed by atoms with Crippen molar-refractivity contribution in [2.24, 2.45) is 7.05 Å². The molecule has 0 fully saturated rings. The summed E-state index contributed by atoms with van der Waals surface area (Å²) in [5, 5.41) is 17.9. The van der Waals surface area contributed by atoms with Gasteiger partial charge in [0.2, 0.25) is 0 Å². The molecule has 0 unspecified atom stereocenters. The number of aromatic nitrogens is 8. The molecule has 1 aromatic carbocycles. The van der Waals surface area contributed by atoms with Crippen LogP contribution < -0.4 is 14.4 Å². The molecule has 0 atom stereocenters. The average Bonchev–Trinajstić information content (AvgIpc) is 3.55. The second-order valence-electron chi connectivity index (χ2n) is 7.97. The summed E-state index contributed by atoms with van der Waals surface area (Å²) < 4.78 is 14.3. The lowest BCUT2D eigenvalue weighted by molar-refractivity contribution is 0.269. The largest absolute Gasteiger partial charge is 0.497 e. The lowest BCUT2D eigenvalue weighted by Crippen LogP contribution is -2.19. The Balaban J connectivity index is 1.59. The third-order valence-electron chi connectivity index (χ3n) is 5.53. The molecule has 0 bridgehead atoms. The molecule has 0 aliphatic rings. The number of pyridine rings is 1. The Bertz CT molecular complexity index is 1480. The number of nitrogens with zero attached hydrogens (tertiary/aromatic N) is 9. The number of hydrogen-bond donors (Lipinski definition) is 1. The average molecular weight is 488 g/mol. The van der Waals surface area contributed by atoms with Crippen LogP contribution >= 0.6 is 0 Å². The molecule has 5 aromatic rings. The highest BCUT2D eigenvalue weighted by Crippen LogP contribution is 2.33. The van der Waals surface area contributed by atoms with Gasteiger partial charge in [-0.05, 0) is 12.1 Å². The molecule has 184 valence electrons. The Morgan fingerprint density at radius 3 is 2.50 bits per heavy atom. The number of benzene rings is 1. The van der Waals surface area contributed by atoms with E-state index in [1.54, 1.807) is 48.4 Å². The van der Waals surface area contributed by atoms with Crippen molar-refractivity contribution in [1.82, 2.24) is 39.5 Å². The van der Waals surface area contributed by atoms with Crippen LogP contribution in [0.15, 0.2) is 55.2 Å². The van der Waals surface area contributed by atoms with Crippen LogP contribution in [0.3, 0.4) is 0 Å². The molecule has 5 rings (SSSR count). The third kappa shape index (κ3) is 4.79. The maximum atomic E-state index is 9.23. The fourth-order valence-electron chi connectivity index (χ4n) is 3.74. The molecule has 0 amide bonds. The van der Waals surface area contributed by atoms with E-state index in [1.165, 1.54) is 0 Å². The van der Waals surface area contributed by atoms with Gasteiger partial charge < -0.3 is 19.5 Å². The number of fused-ring (bicyclic) bond motifs is 1. The van der Waals surface area contributed by atoms with Gasteiger partial charge in [-0.25, -0.2) is 15.0 Å². The molecular weight excluding hydrogens is 462 g/mol. The minimum atomic E-state index is -0.0240. The fourth-order valence-corrected chi connectivity index (χ4v) is 3.74. The molecule has 0 aliphatic carbocycles. The zero-order valence-electron chi connectivity index (χ0n) is 20.1. The standard InChI is InChI=1S/C24H25N9O3/c1-31-13-16(11-27-31)21-12-25-20-4-5-23(29-24(20)28-21)33(14-22-26-15-32(30-22)6-7-34)17-8-18(35-2)10-19(9-17)36-3/h4-5,8-13,15,34H,6-7,14H2,1-3H3. The Morgan fingerprint density at radius 2 is 1.81 bits per heavy atom. The highest BCUT2D eigenvalue weighted by atomic mass is 16.5. The van der Waals surface area contributed by atoms with Gasteiger partial charge >= 0.3 is 0 Å². The summed E-state index contributed by atoms with van der Waals surface area (Å²) in [6.45, 7) is 0.646. The molecule has 0 saturated heterocycles. The smallest absolute Gasteiger partial charge is 0.180 e. The van der Waals surface area contributed by atoms with Crippen molar-refractivity contribution in [2.45, 2.75) is 13.1 Å². The van der Waals surface area contributed by atoms with E-state index in [0.29, 0.717) is 53.1 Å². The number of aliphatic hydroxyl groups is 1. The van der Waals surface area contributed by atoms with E-state index in [-0.39, 0.29) is 6.61 Å². The topological polar surface area (TPSA) is 129 Å². The van der Waals surface area contributed by atoms with Gasteiger partial charge in [-0.15, -0.1) is 0 Å². The van der Waals surface area contributed by atoms with Crippen molar-refractivity contribution in [2.75, 3.05) is 25.7 Å². The summed E-state index contributed by atoms with van der Waals surface area (Å²) in [6, 6.07) is 9.32. The summed E-state index contributed by atoms with van der Waals surface area (Å²) >= 11 is 0. The van der Waals surface area contributed by atoms with Crippen LogP contribution in [0.4, 0.5) is 11.5 Å². The molecule has 1 N–H and O–H groups in total. The van der Waals surface area contributed by atoms with E-state index < -0.39 is 0 Å². The molecule has 0 radical (unpaired) electrons. The molecule has 4 aromatic heterocycles. The van der Waals surface area contributed by atoms with Crippen molar-refractivity contribution in [3.05, 3.63) is 61.1 Å². The summed E-state index contributed by atoms with van der Waals surface area (Å²) in [7, 11) is 5.06. The molecule has 0 spiro atoms. The van der Waals surface area contributed by atoms with Gasteiger partial charge in [-0.3, -0.25) is 14.3 Å². The SMILES string of the molecule is COc1cc(OC)cc(N(Cc2ncn(CCO)n2)c2ccc3ncc(-c4cnn(C)c4)nc3n2)c1. The highest BCUT2D eigenvalue weighted by Gasteiger charge is 2.18. The van der Waals surface area contributed by atoms with Gasteiger partial charge in [0.15, 0.2) is 11.5 Å². The minimum absolute atomic E-state index is 0.0240. The van der Waals surface area contributed by atoms with Crippen molar-refractivity contribution >= 4 is 22.7 Å². The second kappa shape index (κ2) is 9.96. The third-order valence-corrected chi connectivity index (χ3v) is 5.53. The van der Waals surface area contributed by atoms with Crippen molar-refractivity contribution in [1.29, 1.82) is 0 Å². The first-order chi connectivity index (χ1) is 17.6. The number of aliphatic hydroxyl groups excluding tert-OH is 1. The summed E-state index contributed by atoms with van der Waals surface area (Å²) in [5.74, 6) is 2.44.